The molecule has 240 valence electrons. The zero-order valence-electron chi connectivity index (χ0n) is 25.8. The molecule has 9 nitrogen and oxygen atoms in total. The fourth-order valence-electron chi connectivity index (χ4n) is 4.36. The summed E-state index contributed by atoms with van der Waals surface area (Å²) in [5.74, 6) is -0.147. The lowest BCUT2D eigenvalue weighted by molar-refractivity contribution is -0.118. The fraction of sp³-hybridized carbons (Fsp3) is 0.143. The second-order valence-electron chi connectivity index (χ2n) is 10.3. The molecule has 1 heterocycles. The van der Waals surface area contributed by atoms with E-state index >= 15 is 0 Å². The molecule has 2 amide bonds. The fourth-order valence-corrected chi connectivity index (χ4v) is 5.50. The zero-order chi connectivity index (χ0) is 33.3. The Morgan fingerprint density at radius 2 is 1.66 bits per heavy atom. The van der Waals surface area contributed by atoms with Gasteiger partial charge in [-0.2, -0.15) is 5.10 Å². The Labute approximate surface area is 286 Å². The first-order valence-corrected chi connectivity index (χ1v) is 16.2. The van der Waals surface area contributed by atoms with Gasteiger partial charge in [-0.05, 0) is 98.1 Å². The van der Waals surface area contributed by atoms with Gasteiger partial charge in [-0.15, -0.1) is 11.3 Å². The Hall–Kier alpha value is -4.90. The first-order chi connectivity index (χ1) is 22.7. The van der Waals surface area contributed by atoms with E-state index in [0.29, 0.717) is 34.2 Å². The normalized spacial score (nSPS) is 10.9. The molecule has 5 rings (SSSR count). The minimum atomic E-state index is -0.387. The van der Waals surface area contributed by atoms with Crippen molar-refractivity contribution in [2.24, 2.45) is 5.10 Å². The number of rotatable bonds is 12. The quantitative estimate of drug-likeness (QED) is 0.0893. The number of halogens is 2. The minimum absolute atomic E-state index is 0.229. The molecule has 0 saturated carbocycles. The number of ether oxygens (including phenoxy) is 2. The van der Waals surface area contributed by atoms with Crippen LogP contribution in [0.2, 0.25) is 10.0 Å². The Morgan fingerprint density at radius 1 is 0.915 bits per heavy atom. The lowest BCUT2D eigenvalue weighted by atomic mass is 10.1. The molecule has 12 heteroatoms. The van der Waals surface area contributed by atoms with Gasteiger partial charge in [0.2, 0.25) is 0 Å². The number of hydrazone groups is 1. The standard InChI is InChI=1S/C35H31Cl2N5O4S/c1-4-45-31-17-23(16-29(37)33(31)46-19-32(43)39-28-12-5-21(2)22(3)15-28)18-38-42-34(44)25-8-6-24(7-9-25)30-20-47-35(41-30)40-27-13-10-26(36)11-14-27/h5-18,20H,4,19H2,1-3H3,(H,39,43)(H,40,41)(H,42,44)/b38-18-. The summed E-state index contributed by atoms with van der Waals surface area (Å²) in [6, 6.07) is 23.4. The average Bonchev–Trinajstić information content (AvgIpc) is 3.52. The van der Waals surface area contributed by atoms with Gasteiger partial charge in [0.1, 0.15) is 0 Å². The molecular weight excluding hydrogens is 657 g/mol. The Bertz CT molecular complexity index is 1910. The molecular formula is C35H31Cl2N5O4S. The number of hydrogen-bond acceptors (Lipinski definition) is 8. The predicted molar refractivity (Wildman–Crippen MR) is 190 cm³/mol. The highest BCUT2D eigenvalue weighted by atomic mass is 35.5. The predicted octanol–water partition coefficient (Wildman–Crippen LogP) is 8.66. The maximum Gasteiger partial charge on any atom is 0.271 e. The number of nitrogens with zero attached hydrogens (tertiary/aromatic N) is 2. The maximum atomic E-state index is 12.8. The molecule has 0 unspecified atom stereocenters. The molecule has 0 atom stereocenters. The van der Waals surface area contributed by atoms with E-state index in [-0.39, 0.29) is 29.2 Å². The van der Waals surface area contributed by atoms with Crippen LogP contribution in [-0.2, 0) is 4.79 Å². The molecule has 1 aromatic heterocycles. The molecule has 3 N–H and O–H groups in total. The van der Waals surface area contributed by atoms with Crippen LogP contribution in [0.1, 0.15) is 34.0 Å². The van der Waals surface area contributed by atoms with Gasteiger partial charge in [0.05, 0.1) is 23.5 Å². The number of anilines is 3. The number of hydrogen-bond donors (Lipinski definition) is 3. The largest absolute Gasteiger partial charge is 0.490 e. The second kappa shape index (κ2) is 15.6. The van der Waals surface area contributed by atoms with Crippen molar-refractivity contribution in [1.82, 2.24) is 10.4 Å². The van der Waals surface area contributed by atoms with Crippen molar-refractivity contribution in [2.75, 3.05) is 23.8 Å². The van der Waals surface area contributed by atoms with Crippen molar-refractivity contribution in [2.45, 2.75) is 20.8 Å². The highest BCUT2D eigenvalue weighted by molar-refractivity contribution is 7.14. The molecule has 47 heavy (non-hydrogen) atoms. The first-order valence-electron chi connectivity index (χ1n) is 14.6. The number of carbonyl (C=O) groups excluding carboxylic acids is 2. The van der Waals surface area contributed by atoms with Gasteiger partial charge >= 0.3 is 0 Å². The molecule has 0 saturated heterocycles. The van der Waals surface area contributed by atoms with Crippen molar-refractivity contribution in [3.8, 4) is 22.8 Å². The monoisotopic (exact) mass is 687 g/mol. The SMILES string of the molecule is CCOc1cc(/C=N\NC(=O)c2ccc(-c3csc(Nc4ccc(Cl)cc4)n3)cc2)cc(Cl)c1OCC(=O)Nc1ccc(C)c(C)c1. The summed E-state index contributed by atoms with van der Waals surface area (Å²) in [6.45, 7) is 5.88. The number of thiazole rings is 1. The summed E-state index contributed by atoms with van der Waals surface area (Å²) in [6.07, 6.45) is 1.45. The molecule has 5 aromatic rings. The third kappa shape index (κ3) is 9.10. The van der Waals surface area contributed by atoms with Crippen LogP contribution < -0.4 is 25.5 Å². The number of amides is 2. The Kier molecular flexibility index (Phi) is 11.1. The lowest BCUT2D eigenvalue weighted by Gasteiger charge is -2.14. The summed E-state index contributed by atoms with van der Waals surface area (Å²) in [4.78, 5) is 29.9. The average molecular weight is 689 g/mol. The van der Waals surface area contributed by atoms with E-state index in [1.165, 1.54) is 17.6 Å². The van der Waals surface area contributed by atoms with Crippen LogP contribution in [0.25, 0.3) is 11.3 Å². The second-order valence-corrected chi connectivity index (χ2v) is 12.0. The smallest absolute Gasteiger partial charge is 0.271 e. The van der Waals surface area contributed by atoms with E-state index in [1.54, 1.807) is 24.3 Å². The molecule has 0 aliphatic heterocycles. The third-order valence-corrected chi connectivity index (χ3v) is 8.18. The summed E-state index contributed by atoms with van der Waals surface area (Å²) in [5.41, 5.74) is 8.94. The van der Waals surface area contributed by atoms with Gasteiger partial charge in [-0.25, -0.2) is 10.4 Å². The Balaban J connectivity index is 1.17. The van der Waals surface area contributed by atoms with Gasteiger partial charge in [0.15, 0.2) is 23.2 Å². The van der Waals surface area contributed by atoms with Crippen molar-refractivity contribution in [3.63, 3.8) is 0 Å². The van der Waals surface area contributed by atoms with Crippen LogP contribution in [0.15, 0.2) is 89.3 Å². The molecule has 0 radical (unpaired) electrons. The van der Waals surface area contributed by atoms with Crippen molar-refractivity contribution in [3.05, 3.63) is 117 Å². The number of nitrogens with one attached hydrogen (secondary N) is 3. The van der Waals surface area contributed by atoms with Crippen LogP contribution in [0.5, 0.6) is 11.5 Å². The minimum Gasteiger partial charge on any atom is -0.490 e. The van der Waals surface area contributed by atoms with Gasteiger partial charge in [-0.3, -0.25) is 9.59 Å². The molecule has 0 bridgehead atoms. The van der Waals surface area contributed by atoms with E-state index < -0.39 is 0 Å². The van der Waals surface area contributed by atoms with Crippen LogP contribution in [0, 0.1) is 13.8 Å². The Morgan fingerprint density at radius 3 is 2.38 bits per heavy atom. The van der Waals surface area contributed by atoms with E-state index in [2.05, 4.69) is 26.1 Å². The zero-order valence-corrected chi connectivity index (χ0v) is 28.1. The molecule has 0 aliphatic rings. The first kappa shape index (κ1) is 33.5. The maximum absolute atomic E-state index is 12.8. The van der Waals surface area contributed by atoms with E-state index in [1.807, 2.05) is 80.7 Å². The van der Waals surface area contributed by atoms with E-state index in [4.69, 9.17) is 32.7 Å². The van der Waals surface area contributed by atoms with Crippen LogP contribution in [-0.4, -0.2) is 36.2 Å². The third-order valence-electron chi connectivity index (χ3n) is 6.89. The summed E-state index contributed by atoms with van der Waals surface area (Å²) in [7, 11) is 0. The highest BCUT2D eigenvalue weighted by Crippen LogP contribution is 2.36. The van der Waals surface area contributed by atoms with Crippen LogP contribution >= 0.6 is 34.5 Å². The summed E-state index contributed by atoms with van der Waals surface area (Å²) < 4.78 is 11.5. The van der Waals surface area contributed by atoms with E-state index in [0.717, 1.165) is 33.2 Å². The summed E-state index contributed by atoms with van der Waals surface area (Å²) in [5, 5.41) is 13.7. The summed E-state index contributed by atoms with van der Waals surface area (Å²) >= 11 is 13.9. The van der Waals surface area contributed by atoms with Crippen molar-refractivity contribution < 1.29 is 19.1 Å². The van der Waals surface area contributed by atoms with Gasteiger partial charge in [0.25, 0.3) is 11.8 Å². The van der Waals surface area contributed by atoms with Crippen molar-refractivity contribution >= 4 is 69.1 Å². The molecule has 0 aliphatic carbocycles. The van der Waals surface area contributed by atoms with Gasteiger partial charge < -0.3 is 20.1 Å². The van der Waals surface area contributed by atoms with Crippen molar-refractivity contribution in [1.29, 1.82) is 0 Å². The van der Waals surface area contributed by atoms with E-state index in [9.17, 15) is 9.59 Å². The number of aryl methyl sites for hydroxylation is 2. The molecule has 4 aromatic carbocycles. The van der Waals surface area contributed by atoms with Crippen LogP contribution in [0.4, 0.5) is 16.5 Å². The van der Waals surface area contributed by atoms with Crippen LogP contribution in [0.3, 0.4) is 0 Å². The number of aromatic nitrogens is 1. The lowest BCUT2D eigenvalue weighted by Crippen LogP contribution is -2.20. The molecule has 0 fully saturated rings. The van der Waals surface area contributed by atoms with Gasteiger partial charge in [0, 0.05) is 32.9 Å². The topological polar surface area (TPSA) is 114 Å². The molecule has 0 spiro atoms. The van der Waals surface area contributed by atoms with Gasteiger partial charge in [-0.1, -0.05) is 41.4 Å². The number of benzene rings is 4. The highest BCUT2D eigenvalue weighted by Gasteiger charge is 2.15. The number of carbonyl (C=O) groups is 2.